The summed E-state index contributed by atoms with van der Waals surface area (Å²) in [5.41, 5.74) is 4.43. The van der Waals surface area contributed by atoms with Crippen molar-refractivity contribution in [3.8, 4) is 0 Å². The van der Waals surface area contributed by atoms with Crippen molar-refractivity contribution in [2.45, 2.75) is 4.90 Å². The molecular formula is C20H17ClN4O6S. The van der Waals surface area contributed by atoms with Gasteiger partial charge in [-0.05, 0) is 42.5 Å². The zero-order valence-corrected chi connectivity index (χ0v) is 17.9. The van der Waals surface area contributed by atoms with Gasteiger partial charge >= 0.3 is 0 Å². The number of sulfonamides is 1. The Hall–Kier alpha value is -3.83. The average Bonchev–Trinajstić information content (AvgIpc) is 3.32. The Morgan fingerprint density at radius 2 is 1.69 bits per heavy atom. The minimum atomic E-state index is -4.02. The lowest BCUT2D eigenvalue weighted by atomic mass is 10.2. The summed E-state index contributed by atoms with van der Waals surface area (Å²) < 4.78 is 32.5. The molecule has 10 nitrogen and oxygen atoms in total. The number of amides is 3. The molecule has 0 aliphatic heterocycles. The van der Waals surface area contributed by atoms with Crippen molar-refractivity contribution in [1.29, 1.82) is 0 Å². The van der Waals surface area contributed by atoms with Crippen LogP contribution in [0.15, 0.2) is 76.2 Å². The molecule has 0 atom stereocenters. The Morgan fingerprint density at radius 1 is 0.906 bits per heavy atom. The average molecular weight is 477 g/mol. The molecule has 0 unspecified atom stereocenters. The van der Waals surface area contributed by atoms with E-state index in [4.69, 9.17) is 16.0 Å². The summed E-state index contributed by atoms with van der Waals surface area (Å²) in [6.07, 6.45) is 1.31. The molecule has 4 N–H and O–H groups in total. The number of carbonyl (C=O) groups excluding carboxylic acids is 3. The predicted molar refractivity (Wildman–Crippen MR) is 115 cm³/mol. The summed E-state index contributed by atoms with van der Waals surface area (Å²) in [7, 11) is -4.02. The van der Waals surface area contributed by atoms with E-state index < -0.39 is 34.3 Å². The van der Waals surface area contributed by atoms with Gasteiger partial charge in [-0.2, -0.15) is 0 Å². The van der Waals surface area contributed by atoms with Crippen molar-refractivity contribution in [2.75, 3.05) is 11.3 Å². The van der Waals surface area contributed by atoms with Crippen LogP contribution in [-0.2, 0) is 14.8 Å². The molecule has 0 aliphatic rings. The van der Waals surface area contributed by atoms with E-state index in [0.29, 0.717) is 0 Å². The second-order valence-electron chi connectivity index (χ2n) is 6.28. The molecule has 0 radical (unpaired) electrons. The van der Waals surface area contributed by atoms with E-state index in [-0.39, 0.29) is 26.9 Å². The van der Waals surface area contributed by atoms with Crippen LogP contribution in [0.4, 0.5) is 5.69 Å². The number of anilines is 1. The highest BCUT2D eigenvalue weighted by molar-refractivity contribution is 7.92. The molecule has 0 fully saturated rings. The van der Waals surface area contributed by atoms with Crippen molar-refractivity contribution in [1.82, 2.24) is 16.2 Å². The molecule has 0 saturated heterocycles. The van der Waals surface area contributed by atoms with Crippen LogP contribution in [0.2, 0.25) is 5.02 Å². The van der Waals surface area contributed by atoms with Crippen LogP contribution in [0.25, 0.3) is 0 Å². The maximum atomic E-state index is 12.6. The summed E-state index contributed by atoms with van der Waals surface area (Å²) in [6.45, 7) is -0.421. The lowest BCUT2D eigenvalue weighted by Gasteiger charge is -2.11. The largest absolute Gasteiger partial charge is 0.459 e. The molecule has 12 heteroatoms. The van der Waals surface area contributed by atoms with Crippen LogP contribution in [0.1, 0.15) is 20.9 Å². The van der Waals surface area contributed by atoms with E-state index in [1.165, 1.54) is 48.7 Å². The third-order valence-corrected chi connectivity index (χ3v) is 5.69. The van der Waals surface area contributed by atoms with E-state index in [0.717, 1.165) is 6.07 Å². The van der Waals surface area contributed by atoms with E-state index in [1.54, 1.807) is 12.1 Å². The normalized spacial score (nSPS) is 10.8. The van der Waals surface area contributed by atoms with Crippen molar-refractivity contribution in [3.05, 3.63) is 83.3 Å². The number of rotatable bonds is 7. The lowest BCUT2D eigenvalue weighted by molar-refractivity contribution is -0.120. The Bertz CT molecular complexity index is 1240. The smallest absolute Gasteiger partial charge is 0.287 e. The van der Waals surface area contributed by atoms with E-state index in [9.17, 15) is 22.8 Å². The van der Waals surface area contributed by atoms with Crippen LogP contribution in [0.3, 0.4) is 0 Å². The summed E-state index contributed by atoms with van der Waals surface area (Å²) in [6, 6.07) is 14.4. The first-order valence-electron chi connectivity index (χ1n) is 9.04. The third-order valence-electron chi connectivity index (χ3n) is 3.99. The van der Waals surface area contributed by atoms with E-state index in [2.05, 4.69) is 20.9 Å². The fraction of sp³-hybridized carbons (Fsp3) is 0.0500. The number of carbonyl (C=O) groups is 3. The van der Waals surface area contributed by atoms with Crippen molar-refractivity contribution < 1.29 is 27.2 Å². The minimum absolute atomic E-state index is 0.0213. The number of benzene rings is 2. The third kappa shape index (κ3) is 5.86. The Balaban J connectivity index is 1.58. The van der Waals surface area contributed by atoms with Gasteiger partial charge in [0.25, 0.3) is 27.7 Å². The molecule has 0 bridgehead atoms. The second kappa shape index (κ2) is 9.98. The molecule has 32 heavy (non-hydrogen) atoms. The highest BCUT2D eigenvalue weighted by Gasteiger charge is 2.18. The highest BCUT2D eigenvalue weighted by atomic mass is 35.5. The van der Waals surface area contributed by atoms with Crippen LogP contribution in [-0.4, -0.2) is 32.7 Å². The van der Waals surface area contributed by atoms with Gasteiger partial charge in [0.2, 0.25) is 0 Å². The summed E-state index contributed by atoms with van der Waals surface area (Å²) in [5.74, 6) is -2.03. The van der Waals surface area contributed by atoms with Gasteiger partial charge in [0.1, 0.15) is 0 Å². The van der Waals surface area contributed by atoms with Crippen LogP contribution in [0, 0.1) is 0 Å². The van der Waals surface area contributed by atoms with Gasteiger partial charge in [-0.1, -0.05) is 29.8 Å². The molecule has 1 aromatic heterocycles. The van der Waals surface area contributed by atoms with Crippen molar-refractivity contribution in [2.24, 2.45) is 0 Å². The summed E-state index contributed by atoms with van der Waals surface area (Å²) >= 11 is 5.98. The van der Waals surface area contributed by atoms with Gasteiger partial charge in [-0.15, -0.1) is 0 Å². The Kier molecular flexibility index (Phi) is 7.13. The SMILES string of the molecule is O=C(CNC(=O)c1ccco1)NNC(=O)c1cccc(S(=O)(=O)Nc2ccccc2Cl)c1. The second-order valence-corrected chi connectivity index (χ2v) is 8.37. The maximum Gasteiger partial charge on any atom is 0.287 e. The number of halogens is 1. The van der Waals surface area contributed by atoms with Crippen molar-refractivity contribution >= 4 is 45.0 Å². The molecular weight excluding hydrogens is 460 g/mol. The number of hydrogen-bond acceptors (Lipinski definition) is 6. The first-order chi connectivity index (χ1) is 15.3. The molecule has 0 spiro atoms. The van der Waals surface area contributed by atoms with Crippen LogP contribution in [0.5, 0.6) is 0 Å². The summed E-state index contributed by atoms with van der Waals surface area (Å²) in [4.78, 5) is 35.7. The fourth-order valence-corrected chi connectivity index (χ4v) is 3.81. The van der Waals surface area contributed by atoms with Crippen molar-refractivity contribution in [3.63, 3.8) is 0 Å². The van der Waals surface area contributed by atoms with E-state index >= 15 is 0 Å². The molecule has 3 amide bonds. The molecule has 1 heterocycles. The van der Waals surface area contributed by atoms with Gasteiger partial charge in [-0.25, -0.2) is 8.42 Å². The maximum absolute atomic E-state index is 12.6. The van der Waals surface area contributed by atoms with Gasteiger partial charge in [0.05, 0.1) is 28.4 Å². The van der Waals surface area contributed by atoms with Gasteiger partial charge in [0, 0.05) is 5.56 Å². The Labute approximate surface area is 188 Å². The number of nitrogens with one attached hydrogen (secondary N) is 4. The monoisotopic (exact) mass is 476 g/mol. The molecule has 3 aromatic rings. The number of hydrazine groups is 1. The fourth-order valence-electron chi connectivity index (χ4n) is 2.45. The molecule has 166 valence electrons. The topological polar surface area (TPSA) is 147 Å². The number of hydrogen-bond donors (Lipinski definition) is 4. The van der Waals surface area contributed by atoms with Gasteiger partial charge < -0.3 is 9.73 Å². The van der Waals surface area contributed by atoms with Crippen LogP contribution >= 0.6 is 11.6 Å². The van der Waals surface area contributed by atoms with Gasteiger partial charge in [-0.3, -0.25) is 30.0 Å². The summed E-state index contributed by atoms with van der Waals surface area (Å²) in [5, 5.41) is 2.53. The van der Waals surface area contributed by atoms with Crippen LogP contribution < -0.4 is 20.9 Å². The highest BCUT2D eigenvalue weighted by Crippen LogP contribution is 2.24. The van der Waals surface area contributed by atoms with Gasteiger partial charge in [0.15, 0.2) is 5.76 Å². The molecule has 2 aromatic carbocycles. The van der Waals surface area contributed by atoms with E-state index in [1.807, 2.05) is 0 Å². The predicted octanol–water partition coefficient (Wildman–Crippen LogP) is 1.92. The number of para-hydroxylation sites is 1. The molecule has 3 rings (SSSR count). The molecule has 0 aliphatic carbocycles. The first kappa shape index (κ1) is 22.8. The standard InChI is InChI=1S/C20H17ClN4O6S/c21-15-7-1-2-8-16(15)25-32(29,30)14-6-3-5-13(11-14)19(27)24-23-18(26)12-22-20(28)17-9-4-10-31-17/h1-11,25H,12H2,(H,22,28)(H,23,26)(H,24,27). The Morgan fingerprint density at radius 3 is 2.41 bits per heavy atom. The zero-order valence-electron chi connectivity index (χ0n) is 16.3. The lowest BCUT2D eigenvalue weighted by Crippen LogP contribution is -2.46. The molecule has 0 saturated carbocycles. The zero-order chi connectivity index (χ0) is 23.1. The number of furan rings is 1. The first-order valence-corrected chi connectivity index (χ1v) is 10.9. The minimum Gasteiger partial charge on any atom is -0.459 e. The quantitative estimate of drug-likeness (QED) is 0.383.